The molecule has 4 nitrogen and oxygen atoms in total. The molecular formula is C15H25NO3. The topological polar surface area (TPSA) is 46.6 Å². The van der Waals surface area contributed by atoms with Gasteiger partial charge in [0.15, 0.2) is 0 Å². The first-order valence-electron chi connectivity index (χ1n) is 7.65. The predicted molar refractivity (Wildman–Crippen MR) is 72.5 cm³/mol. The number of nitrogens with zero attached hydrogens (tertiary/aromatic N) is 1. The average Bonchev–Trinajstić information content (AvgIpc) is 2.92. The molecule has 2 fully saturated rings. The summed E-state index contributed by atoms with van der Waals surface area (Å²) in [5, 5.41) is 0. The largest absolute Gasteiger partial charge is 0.466 e. The maximum absolute atomic E-state index is 12.3. The van der Waals surface area contributed by atoms with E-state index in [9.17, 15) is 9.59 Å². The Kier molecular flexibility index (Phi) is 5.23. The molecule has 0 aromatic carbocycles. The van der Waals surface area contributed by atoms with Gasteiger partial charge in [0.05, 0.1) is 12.5 Å². The van der Waals surface area contributed by atoms with Gasteiger partial charge in [-0.15, -0.1) is 0 Å². The molecule has 1 heterocycles. The Bertz CT molecular complexity index is 323. The van der Waals surface area contributed by atoms with Crippen LogP contribution in [0.4, 0.5) is 0 Å². The number of esters is 1. The van der Waals surface area contributed by atoms with Gasteiger partial charge in [0.25, 0.3) is 0 Å². The van der Waals surface area contributed by atoms with Gasteiger partial charge < -0.3 is 9.64 Å². The third-order valence-electron chi connectivity index (χ3n) is 4.33. The van der Waals surface area contributed by atoms with E-state index in [2.05, 4.69) is 0 Å². The zero-order chi connectivity index (χ0) is 13.7. The van der Waals surface area contributed by atoms with Gasteiger partial charge in [-0.05, 0) is 38.5 Å². The van der Waals surface area contributed by atoms with Crippen LogP contribution in [0.15, 0.2) is 0 Å². The highest BCUT2D eigenvalue weighted by molar-refractivity contribution is 5.78. The minimum absolute atomic E-state index is 0.110. The molecule has 0 bridgehead atoms. The summed E-state index contributed by atoms with van der Waals surface area (Å²) >= 11 is 0. The Labute approximate surface area is 115 Å². The third kappa shape index (κ3) is 3.95. The minimum Gasteiger partial charge on any atom is -0.466 e. The summed E-state index contributed by atoms with van der Waals surface area (Å²) in [4.78, 5) is 25.9. The molecule has 0 unspecified atom stereocenters. The van der Waals surface area contributed by atoms with Crippen LogP contribution >= 0.6 is 0 Å². The molecule has 0 aromatic heterocycles. The number of ether oxygens (including phenoxy) is 1. The van der Waals surface area contributed by atoms with Crippen LogP contribution < -0.4 is 0 Å². The summed E-state index contributed by atoms with van der Waals surface area (Å²) in [6.45, 7) is 3.61. The van der Waals surface area contributed by atoms with E-state index in [0.717, 1.165) is 19.4 Å². The van der Waals surface area contributed by atoms with Crippen molar-refractivity contribution < 1.29 is 14.3 Å². The zero-order valence-corrected chi connectivity index (χ0v) is 11.9. The quantitative estimate of drug-likeness (QED) is 0.735. The van der Waals surface area contributed by atoms with Crippen molar-refractivity contribution >= 4 is 11.9 Å². The molecule has 0 N–H and O–H groups in total. The minimum atomic E-state index is -0.138. The first kappa shape index (κ1) is 14.4. The normalized spacial score (nSPS) is 24.5. The van der Waals surface area contributed by atoms with Crippen molar-refractivity contribution in [2.45, 2.75) is 51.9 Å². The van der Waals surface area contributed by atoms with Crippen molar-refractivity contribution in [2.24, 2.45) is 11.8 Å². The Morgan fingerprint density at radius 1 is 1.16 bits per heavy atom. The van der Waals surface area contributed by atoms with E-state index in [1.165, 1.54) is 25.7 Å². The molecule has 2 aliphatic rings. The number of amides is 1. The SMILES string of the molecule is CCOC(=O)[C@@H]1CCCN(C(=O)CC2CCCC2)C1. The molecule has 1 aliphatic heterocycles. The highest BCUT2D eigenvalue weighted by Gasteiger charge is 2.30. The fourth-order valence-corrected chi connectivity index (χ4v) is 3.25. The lowest BCUT2D eigenvalue weighted by atomic mass is 9.96. The summed E-state index contributed by atoms with van der Waals surface area (Å²) in [5.74, 6) is 0.568. The summed E-state index contributed by atoms with van der Waals surface area (Å²) in [6.07, 6.45) is 7.37. The van der Waals surface area contributed by atoms with Gasteiger partial charge in [-0.1, -0.05) is 12.8 Å². The highest BCUT2D eigenvalue weighted by atomic mass is 16.5. The fourth-order valence-electron chi connectivity index (χ4n) is 3.25. The molecule has 0 aromatic rings. The maximum atomic E-state index is 12.3. The number of hydrogen-bond acceptors (Lipinski definition) is 3. The van der Waals surface area contributed by atoms with E-state index < -0.39 is 0 Å². The Morgan fingerprint density at radius 2 is 1.89 bits per heavy atom. The van der Waals surface area contributed by atoms with E-state index in [4.69, 9.17) is 4.74 Å². The standard InChI is InChI=1S/C15H25NO3/c1-2-19-15(18)13-8-5-9-16(11-13)14(17)10-12-6-3-4-7-12/h12-13H,2-11H2,1H3/t13-/m1/s1. The maximum Gasteiger partial charge on any atom is 0.310 e. The molecule has 0 spiro atoms. The van der Waals surface area contributed by atoms with Crippen LogP contribution in [-0.2, 0) is 14.3 Å². The third-order valence-corrected chi connectivity index (χ3v) is 4.33. The van der Waals surface area contributed by atoms with Crippen LogP contribution in [0.1, 0.15) is 51.9 Å². The van der Waals surface area contributed by atoms with Crippen LogP contribution in [0.3, 0.4) is 0 Å². The smallest absolute Gasteiger partial charge is 0.310 e. The molecule has 2 rings (SSSR count). The van der Waals surface area contributed by atoms with Gasteiger partial charge in [0, 0.05) is 19.5 Å². The van der Waals surface area contributed by atoms with Crippen molar-refractivity contribution in [1.29, 1.82) is 0 Å². The van der Waals surface area contributed by atoms with E-state index in [-0.39, 0.29) is 17.8 Å². The average molecular weight is 267 g/mol. The van der Waals surface area contributed by atoms with Gasteiger partial charge in [0.1, 0.15) is 0 Å². The number of piperidine rings is 1. The first-order valence-corrected chi connectivity index (χ1v) is 7.65. The molecule has 1 amide bonds. The van der Waals surface area contributed by atoms with Crippen LogP contribution in [-0.4, -0.2) is 36.5 Å². The Balaban J connectivity index is 1.82. The number of carbonyl (C=O) groups is 2. The predicted octanol–water partition coefficient (Wildman–Crippen LogP) is 2.37. The van der Waals surface area contributed by atoms with Crippen LogP contribution in [0, 0.1) is 11.8 Å². The summed E-state index contributed by atoms with van der Waals surface area (Å²) in [7, 11) is 0. The van der Waals surface area contributed by atoms with Crippen molar-refractivity contribution in [2.75, 3.05) is 19.7 Å². The second-order valence-corrected chi connectivity index (χ2v) is 5.79. The number of rotatable bonds is 4. The zero-order valence-electron chi connectivity index (χ0n) is 11.9. The number of carbonyl (C=O) groups excluding carboxylic acids is 2. The van der Waals surface area contributed by atoms with Crippen molar-refractivity contribution in [3.8, 4) is 0 Å². The molecule has 108 valence electrons. The monoisotopic (exact) mass is 267 g/mol. The summed E-state index contributed by atoms with van der Waals surface area (Å²) in [5.41, 5.74) is 0. The van der Waals surface area contributed by atoms with Crippen LogP contribution in [0.25, 0.3) is 0 Å². The molecule has 4 heteroatoms. The van der Waals surface area contributed by atoms with Crippen molar-refractivity contribution in [3.63, 3.8) is 0 Å². The van der Waals surface area contributed by atoms with E-state index in [1.54, 1.807) is 0 Å². The Hall–Kier alpha value is -1.06. The first-order chi connectivity index (χ1) is 9.20. The lowest BCUT2D eigenvalue weighted by molar-refractivity contribution is -0.151. The van der Waals surface area contributed by atoms with E-state index in [0.29, 0.717) is 25.5 Å². The second-order valence-electron chi connectivity index (χ2n) is 5.79. The molecule has 0 radical (unpaired) electrons. The molecule has 1 aliphatic carbocycles. The van der Waals surface area contributed by atoms with Gasteiger partial charge in [-0.3, -0.25) is 9.59 Å². The van der Waals surface area contributed by atoms with E-state index >= 15 is 0 Å². The number of hydrogen-bond donors (Lipinski definition) is 0. The van der Waals surface area contributed by atoms with Crippen LogP contribution in [0.5, 0.6) is 0 Å². The molecule has 1 saturated heterocycles. The lowest BCUT2D eigenvalue weighted by Gasteiger charge is -2.32. The molecule has 1 saturated carbocycles. The van der Waals surface area contributed by atoms with E-state index in [1.807, 2.05) is 11.8 Å². The van der Waals surface area contributed by atoms with Crippen LogP contribution in [0.2, 0.25) is 0 Å². The van der Waals surface area contributed by atoms with Gasteiger partial charge >= 0.3 is 5.97 Å². The Morgan fingerprint density at radius 3 is 2.58 bits per heavy atom. The fraction of sp³-hybridized carbons (Fsp3) is 0.867. The van der Waals surface area contributed by atoms with Crippen molar-refractivity contribution in [1.82, 2.24) is 4.90 Å². The summed E-state index contributed by atoms with van der Waals surface area (Å²) in [6, 6.07) is 0. The van der Waals surface area contributed by atoms with Crippen molar-refractivity contribution in [3.05, 3.63) is 0 Å². The molecule has 19 heavy (non-hydrogen) atoms. The molecular weight excluding hydrogens is 242 g/mol. The van der Waals surface area contributed by atoms with Gasteiger partial charge in [0.2, 0.25) is 5.91 Å². The lowest BCUT2D eigenvalue weighted by Crippen LogP contribution is -2.43. The van der Waals surface area contributed by atoms with Gasteiger partial charge in [-0.2, -0.15) is 0 Å². The highest BCUT2D eigenvalue weighted by Crippen LogP contribution is 2.29. The molecule has 1 atom stereocenters. The summed E-state index contributed by atoms with van der Waals surface area (Å²) < 4.78 is 5.07. The number of likely N-dealkylation sites (tertiary alicyclic amines) is 1. The van der Waals surface area contributed by atoms with Gasteiger partial charge in [-0.25, -0.2) is 0 Å². The second kappa shape index (κ2) is 6.92.